The first-order valence-corrected chi connectivity index (χ1v) is 16.9. The number of furan rings is 1. The molecule has 0 saturated heterocycles. The minimum atomic E-state index is 0.910. The summed E-state index contributed by atoms with van der Waals surface area (Å²) >= 11 is 0. The van der Waals surface area contributed by atoms with Gasteiger partial charge in [-0.05, 0) is 117 Å². The average Bonchev–Trinajstić information content (AvgIpc) is 3.52. The molecule has 1 heteroatoms. The van der Waals surface area contributed by atoms with Gasteiger partial charge in [0.25, 0.3) is 0 Å². The molecule has 0 spiro atoms. The molecule has 0 atom stereocenters. The Labute approximate surface area is 282 Å². The Bertz CT molecular complexity index is 3100. The van der Waals surface area contributed by atoms with Gasteiger partial charge in [0, 0.05) is 10.8 Å². The molecule has 0 amide bonds. The summed E-state index contributed by atoms with van der Waals surface area (Å²) in [4.78, 5) is 0. The fourth-order valence-corrected chi connectivity index (χ4v) is 8.43. The molecule has 0 fully saturated rings. The highest BCUT2D eigenvalue weighted by Gasteiger charge is 2.20. The van der Waals surface area contributed by atoms with Crippen molar-refractivity contribution in [2.75, 3.05) is 0 Å². The molecule has 0 aliphatic heterocycles. The van der Waals surface area contributed by atoms with Crippen LogP contribution in [0, 0.1) is 0 Å². The fourth-order valence-electron chi connectivity index (χ4n) is 8.43. The van der Waals surface area contributed by atoms with Gasteiger partial charge in [-0.25, -0.2) is 0 Å². The SMILES string of the molecule is c1ccc2cc3c(cc2c1)oc1cc(-c2c4ccccc4c(-c4cc5ccc6ccccc6c5c5ccccc45)c4ccccc24)ccc13. The van der Waals surface area contributed by atoms with E-state index in [1.165, 1.54) is 81.3 Å². The lowest BCUT2D eigenvalue weighted by molar-refractivity contribution is 0.669. The lowest BCUT2D eigenvalue weighted by Crippen LogP contribution is -1.92. The zero-order chi connectivity index (χ0) is 32.1. The van der Waals surface area contributed by atoms with Gasteiger partial charge in [-0.3, -0.25) is 0 Å². The van der Waals surface area contributed by atoms with Crippen molar-refractivity contribution in [1.82, 2.24) is 0 Å². The van der Waals surface area contributed by atoms with E-state index >= 15 is 0 Å². The fraction of sp³-hybridized carbons (Fsp3) is 0. The molecule has 1 nitrogen and oxygen atoms in total. The van der Waals surface area contributed by atoms with Gasteiger partial charge in [0.2, 0.25) is 0 Å². The first kappa shape index (κ1) is 26.6. The lowest BCUT2D eigenvalue weighted by atomic mass is 9.83. The van der Waals surface area contributed by atoms with Crippen LogP contribution in [-0.4, -0.2) is 0 Å². The van der Waals surface area contributed by atoms with Gasteiger partial charge in [0.05, 0.1) is 0 Å². The van der Waals surface area contributed by atoms with E-state index in [2.05, 4.69) is 170 Å². The summed E-state index contributed by atoms with van der Waals surface area (Å²) in [6.07, 6.45) is 0. The first-order chi connectivity index (χ1) is 24.3. The second-order valence-electron chi connectivity index (χ2n) is 13.2. The molecule has 1 aromatic heterocycles. The van der Waals surface area contributed by atoms with Crippen molar-refractivity contribution in [2.24, 2.45) is 0 Å². The van der Waals surface area contributed by atoms with Crippen molar-refractivity contribution in [1.29, 1.82) is 0 Å². The van der Waals surface area contributed by atoms with E-state index in [1.807, 2.05) is 0 Å². The number of fused-ring (bicyclic) bond motifs is 11. The van der Waals surface area contributed by atoms with E-state index in [9.17, 15) is 0 Å². The van der Waals surface area contributed by atoms with Crippen LogP contribution < -0.4 is 0 Å². The van der Waals surface area contributed by atoms with Crippen LogP contribution in [0.3, 0.4) is 0 Å². The van der Waals surface area contributed by atoms with Gasteiger partial charge in [-0.2, -0.15) is 0 Å². The second kappa shape index (κ2) is 10.0. The molecule has 0 aliphatic rings. The second-order valence-corrected chi connectivity index (χ2v) is 13.2. The van der Waals surface area contributed by atoms with E-state index in [0.717, 1.165) is 27.5 Å². The van der Waals surface area contributed by atoms with Crippen LogP contribution in [0.1, 0.15) is 0 Å². The zero-order valence-corrected chi connectivity index (χ0v) is 26.6. The van der Waals surface area contributed by atoms with E-state index in [1.54, 1.807) is 0 Å². The molecule has 226 valence electrons. The molecule has 0 bridgehead atoms. The Morgan fingerprint density at radius 2 is 0.816 bits per heavy atom. The predicted octanol–water partition coefficient (Wildman–Crippen LogP) is 13.8. The molecule has 10 aromatic carbocycles. The van der Waals surface area contributed by atoms with E-state index in [4.69, 9.17) is 4.42 Å². The number of rotatable bonds is 2. The van der Waals surface area contributed by atoms with Crippen LogP contribution in [0.5, 0.6) is 0 Å². The molecule has 1 heterocycles. The molecule has 0 aliphatic carbocycles. The molecule has 49 heavy (non-hydrogen) atoms. The molecule has 11 aromatic rings. The molecule has 11 rings (SSSR count). The molecule has 0 saturated carbocycles. The summed E-state index contributed by atoms with van der Waals surface area (Å²) < 4.78 is 6.56. The van der Waals surface area contributed by atoms with Gasteiger partial charge in [-0.15, -0.1) is 0 Å². The Morgan fingerprint density at radius 3 is 1.53 bits per heavy atom. The Hall–Kier alpha value is -6.44. The van der Waals surface area contributed by atoms with Crippen molar-refractivity contribution in [2.45, 2.75) is 0 Å². The van der Waals surface area contributed by atoms with Crippen LogP contribution in [-0.2, 0) is 0 Å². The lowest BCUT2D eigenvalue weighted by Gasteiger charge is -2.20. The summed E-state index contributed by atoms with van der Waals surface area (Å²) in [6.45, 7) is 0. The van der Waals surface area contributed by atoms with Gasteiger partial charge in [0.15, 0.2) is 0 Å². The van der Waals surface area contributed by atoms with Crippen molar-refractivity contribution in [3.8, 4) is 22.3 Å². The highest BCUT2D eigenvalue weighted by atomic mass is 16.3. The molecular formula is C48H28O. The van der Waals surface area contributed by atoms with Crippen LogP contribution in [0.25, 0.3) is 109 Å². The third-order valence-corrected chi connectivity index (χ3v) is 10.6. The smallest absolute Gasteiger partial charge is 0.136 e. The van der Waals surface area contributed by atoms with Gasteiger partial charge in [-0.1, -0.05) is 140 Å². The van der Waals surface area contributed by atoms with Gasteiger partial charge in [0.1, 0.15) is 11.2 Å². The molecule has 0 radical (unpaired) electrons. The van der Waals surface area contributed by atoms with Crippen LogP contribution in [0.2, 0.25) is 0 Å². The first-order valence-electron chi connectivity index (χ1n) is 16.9. The minimum Gasteiger partial charge on any atom is -0.456 e. The minimum absolute atomic E-state index is 0.910. The summed E-state index contributed by atoms with van der Waals surface area (Å²) in [6, 6.07) is 62.1. The van der Waals surface area contributed by atoms with Crippen molar-refractivity contribution in [3.63, 3.8) is 0 Å². The maximum atomic E-state index is 6.56. The Morgan fingerprint density at radius 1 is 0.286 bits per heavy atom. The summed E-state index contributed by atoms with van der Waals surface area (Å²) in [7, 11) is 0. The molecule has 0 unspecified atom stereocenters. The van der Waals surface area contributed by atoms with Crippen LogP contribution in [0.4, 0.5) is 0 Å². The maximum Gasteiger partial charge on any atom is 0.136 e. The largest absolute Gasteiger partial charge is 0.456 e. The number of benzene rings is 10. The third-order valence-electron chi connectivity index (χ3n) is 10.6. The summed E-state index contributed by atoms with van der Waals surface area (Å²) in [5.41, 5.74) is 6.76. The van der Waals surface area contributed by atoms with Crippen LogP contribution >= 0.6 is 0 Å². The van der Waals surface area contributed by atoms with Crippen LogP contribution in [0.15, 0.2) is 174 Å². The number of hydrogen-bond acceptors (Lipinski definition) is 1. The monoisotopic (exact) mass is 620 g/mol. The van der Waals surface area contributed by atoms with Gasteiger partial charge < -0.3 is 4.42 Å². The average molecular weight is 621 g/mol. The normalized spacial score (nSPS) is 12.1. The van der Waals surface area contributed by atoms with Gasteiger partial charge >= 0.3 is 0 Å². The Balaban J connectivity index is 1.22. The predicted molar refractivity (Wildman–Crippen MR) is 210 cm³/mol. The maximum absolute atomic E-state index is 6.56. The third kappa shape index (κ3) is 3.82. The zero-order valence-electron chi connectivity index (χ0n) is 26.6. The highest BCUT2D eigenvalue weighted by Crippen LogP contribution is 2.48. The molecule has 0 N–H and O–H groups in total. The van der Waals surface area contributed by atoms with E-state index in [-0.39, 0.29) is 0 Å². The standard InChI is InChI=1S/C48H28O/c1-2-13-31-27-45-42(25-30(31)12-1)36-24-23-33(28-44(36)49-45)47-38-17-7-9-19-40(38)48(41-20-10-8-18-39(41)47)43-26-32-22-21-29-11-3-4-14-34(29)46(32)37-16-6-5-15-35(37)43/h1-28H. The molecular weight excluding hydrogens is 593 g/mol. The summed E-state index contributed by atoms with van der Waals surface area (Å²) in [5.74, 6) is 0. The quantitative estimate of drug-likeness (QED) is 0.138. The summed E-state index contributed by atoms with van der Waals surface area (Å²) in [5, 5.41) is 17.4. The number of hydrogen-bond donors (Lipinski definition) is 0. The van der Waals surface area contributed by atoms with E-state index in [0.29, 0.717) is 0 Å². The van der Waals surface area contributed by atoms with E-state index < -0.39 is 0 Å². The van der Waals surface area contributed by atoms with Crippen molar-refractivity contribution < 1.29 is 4.42 Å². The topological polar surface area (TPSA) is 13.1 Å². The van der Waals surface area contributed by atoms with Crippen molar-refractivity contribution in [3.05, 3.63) is 170 Å². The Kier molecular flexibility index (Phi) is 5.45. The van der Waals surface area contributed by atoms with Crippen molar-refractivity contribution >= 4 is 86.6 Å². The highest BCUT2D eigenvalue weighted by molar-refractivity contribution is 6.28.